The van der Waals surface area contributed by atoms with E-state index < -0.39 is 0 Å². The molecule has 0 aliphatic carbocycles. The van der Waals surface area contributed by atoms with Gasteiger partial charge in [-0.15, -0.1) is 0 Å². The number of carbonyl (C=O) groups is 1. The maximum absolute atomic E-state index is 12.7. The average molecular weight is 442 g/mol. The summed E-state index contributed by atoms with van der Waals surface area (Å²) >= 11 is 0. The van der Waals surface area contributed by atoms with Crippen LogP contribution in [0.15, 0.2) is 78.9 Å². The van der Waals surface area contributed by atoms with Crippen molar-refractivity contribution >= 4 is 11.6 Å². The number of hydrogen-bond donors (Lipinski definition) is 0. The SMILES string of the molecule is N#Cc1ccc(N2CCCN(C(=O)COc3ccc(OCc4ccccc4)cc3)CC2)cc1. The molecule has 1 aliphatic rings. The van der Waals surface area contributed by atoms with Crippen LogP contribution < -0.4 is 14.4 Å². The predicted molar refractivity (Wildman–Crippen MR) is 127 cm³/mol. The first-order chi connectivity index (χ1) is 16.2. The van der Waals surface area contributed by atoms with E-state index >= 15 is 0 Å². The van der Waals surface area contributed by atoms with Crippen LogP contribution in [-0.4, -0.2) is 43.6 Å². The molecule has 6 nitrogen and oxygen atoms in total. The number of rotatable bonds is 7. The number of ether oxygens (including phenoxy) is 2. The van der Waals surface area contributed by atoms with Gasteiger partial charge < -0.3 is 19.3 Å². The summed E-state index contributed by atoms with van der Waals surface area (Å²) < 4.78 is 11.5. The summed E-state index contributed by atoms with van der Waals surface area (Å²) in [7, 11) is 0. The smallest absolute Gasteiger partial charge is 0.260 e. The lowest BCUT2D eigenvalue weighted by Crippen LogP contribution is -2.38. The molecule has 3 aromatic rings. The highest BCUT2D eigenvalue weighted by Gasteiger charge is 2.19. The third-order valence-electron chi connectivity index (χ3n) is 5.64. The third-order valence-corrected chi connectivity index (χ3v) is 5.64. The van der Waals surface area contributed by atoms with Crippen LogP contribution in [0.1, 0.15) is 17.5 Å². The number of hydrogen-bond acceptors (Lipinski definition) is 5. The van der Waals surface area contributed by atoms with Crippen molar-refractivity contribution in [2.75, 3.05) is 37.7 Å². The predicted octanol–water partition coefficient (Wildman–Crippen LogP) is 4.25. The van der Waals surface area contributed by atoms with Crippen molar-refractivity contribution in [2.24, 2.45) is 0 Å². The summed E-state index contributed by atoms with van der Waals surface area (Å²) in [6.45, 7) is 3.51. The molecule has 0 aromatic heterocycles. The van der Waals surface area contributed by atoms with E-state index in [1.165, 1.54) is 0 Å². The first-order valence-electron chi connectivity index (χ1n) is 11.1. The highest BCUT2D eigenvalue weighted by atomic mass is 16.5. The van der Waals surface area contributed by atoms with Crippen LogP contribution in [0, 0.1) is 11.3 Å². The summed E-state index contributed by atoms with van der Waals surface area (Å²) in [5.74, 6) is 1.39. The van der Waals surface area contributed by atoms with Gasteiger partial charge in [-0.05, 0) is 60.5 Å². The number of amides is 1. The molecule has 0 radical (unpaired) electrons. The molecule has 0 N–H and O–H groups in total. The van der Waals surface area contributed by atoms with Gasteiger partial charge in [0.2, 0.25) is 0 Å². The fraction of sp³-hybridized carbons (Fsp3) is 0.259. The highest BCUT2D eigenvalue weighted by molar-refractivity contribution is 5.78. The monoisotopic (exact) mass is 441 g/mol. The van der Waals surface area contributed by atoms with Gasteiger partial charge in [0.1, 0.15) is 18.1 Å². The zero-order valence-electron chi connectivity index (χ0n) is 18.5. The minimum Gasteiger partial charge on any atom is -0.489 e. The molecule has 1 saturated heterocycles. The Morgan fingerprint density at radius 1 is 0.818 bits per heavy atom. The maximum atomic E-state index is 12.7. The number of benzene rings is 3. The Balaban J connectivity index is 1.23. The molecule has 1 heterocycles. The number of nitriles is 1. The van der Waals surface area contributed by atoms with Gasteiger partial charge in [-0.3, -0.25) is 4.79 Å². The molecule has 0 bridgehead atoms. The highest BCUT2D eigenvalue weighted by Crippen LogP contribution is 2.20. The van der Waals surface area contributed by atoms with Crippen LogP contribution in [0.2, 0.25) is 0 Å². The fourth-order valence-corrected chi connectivity index (χ4v) is 3.78. The molecular weight excluding hydrogens is 414 g/mol. The Kier molecular flexibility index (Phi) is 7.44. The Morgan fingerprint density at radius 2 is 1.52 bits per heavy atom. The van der Waals surface area contributed by atoms with Gasteiger partial charge >= 0.3 is 0 Å². The minimum absolute atomic E-state index is 0.0129. The third kappa shape index (κ3) is 6.27. The van der Waals surface area contributed by atoms with E-state index in [-0.39, 0.29) is 12.5 Å². The summed E-state index contributed by atoms with van der Waals surface area (Å²) in [5, 5.41) is 8.97. The lowest BCUT2D eigenvalue weighted by Gasteiger charge is -2.23. The van der Waals surface area contributed by atoms with Gasteiger partial charge in [-0.2, -0.15) is 5.26 Å². The second kappa shape index (κ2) is 11.1. The Bertz CT molecular complexity index is 1080. The number of nitrogens with zero attached hydrogens (tertiary/aromatic N) is 3. The van der Waals surface area contributed by atoms with E-state index in [1.807, 2.05) is 83.8 Å². The zero-order valence-corrected chi connectivity index (χ0v) is 18.5. The summed E-state index contributed by atoms with van der Waals surface area (Å²) in [4.78, 5) is 16.8. The van der Waals surface area contributed by atoms with E-state index in [9.17, 15) is 4.79 Å². The van der Waals surface area contributed by atoms with Crippen molar-refractivity contribution in [2.45, 2.75) is 13.0 Å². The first kappa shape index (κ1) is 22.2. The van der Waals surface area contributed by atoms with Gasteiger partial charge in [-0.1, -0.05) is 30.3 Å². The van der Waals surface area contributed by atoms with Crippen molar-refractivity contribution in [1.29, 1.82) is 5.26 Å². The zero-order chi connectivity index (χ0) is 22.9. The summed E-state index contributed by atoms with van der Waals surface area (Å²) in [6, 6.07) is 27.1. The van der Waals surface area contributed by atoms with Crippen LogP contribution >= 0.6 is 0 Å². The van der Waals surface area contributed by atoms with Crippen LogP contribution in [0.5, 0.6) is 11.5 Å². The van der Waals surface area contributed by atoms with Crippen LogP contribution in [0.3, 0.4) is 0 Å². The van der Waals surface area contributed by atoms with E-state index in [0.29, 0.717) is 31.0 Å². The molecule has 168 valence electrons. The normalized spacial score (nSPS) is 13.7. The quantitative estimate of drug-likeness (QED) is 0.548. The molecule has 6 heteroatoms. The second-order valence-electron chi connectivity index (χ2n) is 7.91. The molecule has 3 aromatic carbocycles. The van der Waals surface area contributed by atoms with Gasteiger partial charge in [-0.25, -0.2) is 0 Å². The van der Waals surface area contributed by atoms with Crippen LogP contribution in [-0.2, 0) is 11.4 Å². The molecule has 0 saturated carbocycles. The van der Waals surface area contributed by atoms with E-state index in [1.54, 1.807) is 0 Å². The standard InChI is InChI=1S/C27H27N3O3/c28-19-22-7-9-24(10-8-22)29-15-4-16-30(18-17-29)27(31)21-33-26-13-11-25(12-14-26)32-20-23-5-2-1-3-6-23/h1-3,5-14H,4,15-18,20-21H2. The Labute approximate surface area is 194 Å². The first-order valence-corrected chi connectivity index (χ1v) is 11.1. The van der Waals surface area contributed by atoms with Crippen LogP contribution in [0.25, 0.3) is 0 Å². The van der Waals surface area contributed by atoms with Gasteiger partial charge in [0.25, 0.3) is 5.91 Å². The molecule has 4 rings (SSSR count). The van der Waals surface area contributed by atoms with E-state index in [4.69, 9.17) is 14.7 Å². The Morgan fingerprint density at radius 3 is 2.21 bits per heavy atom. The summed E-state index contributed by atoms with van der Waals surface area (Å²) in [6.07, 6.45) is 0.888. The van der Waals surface area contributed by atoms with Crippen molar-refractivity contribution in [3.05, 3.63) is 90.0 Å². The lowest BCUT2D eigenvalue weighted by molar-refractivity contribution is -0.133. The topological polar surface area (TPSA) is 65.8 Å². The number of carbonyl (C=O) groups excluding carboxylic acids is 1. The van der Waals surface area contributed by atoms with Gasteiger partial charge in [0.05, 0.1) is 11.6 Å². The molecule has 0 atom stereocenters. The lowest BCUT2D eigenvalue weighted by atomic mass is 10.2. The second-order valence-corrected chi connectivity index (χ2v) is 7.91. The molecular formula is C27H27N3O3. The molecule has 1 amide bonds. The maximum Gasteiger partial charge on any atom is 0.260 e. The van der Waals surface area contributed by atoms with Crippen LogP contribution in [0.4, 0.5) is 5.69 Å². The number of anilines is 1. The molecule has 0 unspecified atom stereocenters. The van der Waals surface area contributed by atoms with Crippen molar-refractivity contribution in [1.82, 2.24) is 4.90 Å². The summed E-state index contributed by atoms with van der Waals surface area (Å²) in [5.41, 5.74) is 2.84. The minimum atomic E-state index is -0.0129. The Hall–Kier alpha value is -3.98. The average Bonchev–Trinajstić information content (AvgIpc) is 3.14. The van der Waals surface area contributed by atoms with Gasteiger partial charge in [0.15, 0.2) is 6.61 Å². The largest absolute Gasteiger partial charge is 0.489 e. The fourth-order valence-electron chi connectivity index (χ4n) is 3.78. The van der Waals surface area contributed by atoms with Crippen molar-refractivity contribution in [3.63, 3.8) is 0 Å². The molecule has 33 heavy (non-hydrogen) atoms. The molecule has 1 aliphatic heterocycles. The van der Waals surface area contributed by atoms with Crippen molar-refractivity contribution < 1.29 is 14.3 Å². The van der Waals surface area contributed by atoms with E-state index in [0.717, 1.165) is 36.5 Å². The molecule has 1 fully saturated rings. The van der Waals surface area contributed by atoms with Gasteiger partial charge in [0, 0.05) is 31.9 Å². The van der Waals surface area contributed by atoms with E-state index in [2.05, 4.69) is 11.0 Å². The molecule has 0 spiro atoms. The van der Waals surface area contributed by atoms with Crippen molar-refractivity contribution in [3.8, 4) is 17.6 Å².